The van der Waals surface area contributed by atoms with Crippen LogP contribution in [0, 0.1) is 0 Å². The zero-order valence-corrected chi connectivity index (χ0v) is 13.2. The third kappa shape index (κ3) is 18.6. The van der Waals surface area contributed by atoms with Gasteiger partial charge in [-0.15, -0.1) is 17.0 Å². The van der Waals surface area contributed by atoms with Gasteiger partial charge in [0, 0.05) is 0 Å². The van der Waals surface area contributed by atoms with Gasteiger partial charge < -0.3 is 50.9 Å². The van der Waals surface area contributed by atoms with Gasteiger partial charge in [0.25, 0.3) is 0 Å². The molecule has 62 valence electrons. The van der Waals surface area contributed by atoms with Gasteiger partial charge in [-0.3, -0.25) is 0 Å². The van der Waals surface area contributed by atoms with Crippen molar-refractivity contribution >= 4 is 34.3 Å². The largest absolute Gasteiger partial charge is 3.00 e. The zero-order chi connectivity index (χ0) is 4.24. The standard InChI is InChI=1S/C6H6.Al.4BrH/c1-2-4-6-5-3-1;;;;;/h1-6H;;4*1H/q;+3;;;;/p-3. The van der Waals surface area contributed by atoms with E-state index in [1.165, 1.54) is 0 Å². The van der Waals surface area contributed by atoms with E-state index in [4.69, 9.17) is 0 Å². The van der Waals surface area contributed by atoms with Crippen LogP contribution < -0.4 is 50.9 Å². The molecule has 0 nitrogen and oxygen atoms in total. The van der Waals surface area contributed by atoms with Crippen molar-refractivity contribution < 1.29 is 50.9 Å². The van der Waals surface area contributed by atoms with Crippen LogP contribution in [0.4, 0.5) is 0 Å². The van der Waals surface area contributed by atoms with Gasteiger partial charge in [-0.25, -0.2) is 0 Å². The van der Waals surface area contributed by atoms with Gasteiger partial charge in [0.1, 0.15) is 0 Å². The Labute approximate surface area is 120 Å². The van der Waals surface area contributed by atoms with E-state index in [9.17, 15) is 0 Å². The van der Waals surface area contributed by atoms with Crippen molar-refractivity contribution in [2.24, 2.45) is 0 Å². The van der Waals surface area contributed by atoms with Crippen LogP contribution in [0.2, 0.25) is 0 Å². The minimum absolute atomic E-state index is 0. The molecule has 0 saturated carbocycles. The first-order valence-corrected chi connectivity index (χ1v) is 2.00. The van der Waals surface area contributed by atoms with E-state index < -0.39 is 0 Å². The van der Waals surface area contributed by atoms with Crippen molar-refractivity contribution in [1.82, 2.24) is 0 Å². The Bertz CT molecular complexity index is 86.5. The minimum Gasteiger partial charge on any atom is -1.00 e. The van der Waals surface area contributed by atoms with Gasteiger partial charge in [-0.2, -0.15) is 0 Å². The molecule has 0 aromatic heterocycles. The SMILES string of the molecule is Br.[Al+3].[Br-].[Br-].[Br-].c1ccccc1. The fourth-order valence-electron chi connectivity index (χ4n) is 0.385. The summed E-state index contributed by atoms with van der Waals surface area (Å²) in [6, 6.07) is 12.0. The van der Waals surface area contributed by atoms with Gasteiger partial charge >= 0.3 is 17.4 Å². The molecular weight excluding hydrogens is 419 g/mol. The van der Waals surface area contributed by atoms with E-state index >= 15 is 0 Å². The molecule has 0 N–H and O–H groups in total. The number of rotatable bonds is 0. The summed E-state index contributed by atoms with van der Waals surface area (Å²) in [7, 11) is 0. The summed E-state index contributed by atoms with van der Waals surface area (Å²) >= 11 is 0. The molecule has 1 aromatic carbocycles. The molecule has 1 aromatic rings. The maximum absolute atomic E-state index is 2.00. The van der Waals surface area contributed by atoms with Crippen LogP contribution in [-0.4, -0.2) is 17.4 Å². The Kier molecular flexibility index (Phi) is 60.2. The Balaban J connectivity index is -0.0000000240. The van der Waals surface area contributed by atoms with Crippen molar-refractivity contribution in [3.8, 4) is 0 Å². The average Bonchev–Trinajstić information content (AvgIpc) is 1.72. The Morgan fingerprint density at radius 1 is 0.455 bits per heavy atom. The Morgan fingerprint density at radius 3 is 0.636 bits per heavy atom. The first-order valence-electron chi connectivity index (χ1n) is 2.00. The first kappa shape index (κ1) is 29.3. The van der Waals surface area contributed by atoms with Crippen LogP contribution in [-0.2, 0) is 0 Å². The topological polar surface area (TPSA) is 0 Å². The summed E-state index contributed by atoms with van der Waals surface area (Å²) in [6.07, 6.45) is 0. The molecule has 0 unspecified atom stereocenters. The number of benzene rings is 1. The maximum atomic E-state index is 2.00. The molecule has 0 amide bonds. The maximum Gasteiger partial charge on any atom is 3.00 e. The zero-order valence-electron chi connectivity index (χ0n) is 5.58. The Morgan fingerprint density at radius 2 is 0.545 bits per heavy atom. The second kappa shape index (κ2) is 22.6. The molecular formula is C6H7AlBr4. The molecule has 0 aliphatic rings. The van der Waals surface area contributed by atoms with E-state index in [1.807, 2.05) is 36.4 Å². The normalized spacial score (nSPS) is 4.36. The molecule has 11 heavy (non-hydrogen) atoms. The fourth-order valence-corrected chi connectivity index (χ4v) is 0.385. The van der Waals surface area contributed by atoms with Crippen LogP contribution in [0.15, 0.2) is 36.4 Å². The summed E-state index contributed by atoms with van der Waals surface area (Å²) < 4.78 is 0. The smallest absolute Gasteiger partial charge is 1.00 e. The van der Waals surface area contributed by atoms with Crippen LogP contribution in [0.25, 0.3) is 0 Å². The third-order valence-electron chi connectivity index (χ3n) is 0.667. The molecule has 5 heteroatoms. The fraction of sp³-hybridized carbons (Fsp3) is 0. The summed E-state index contributed by atoms with van der Waals surface area (Å²) in [5.74, 6) is 0. The molecule has 0 heterocycles. The van der Waals surface area contributed by atoms with Crippen molar-refractivity contribution in [2.75, 3.05) is 0 Å². The summed E-state index contributed by atoms with van der Waals surface area (Å²) in [5.41, 5.74) is 0. The van der Waals surface area contributed by atoms with Gasteiger partial charge in [-0.1, -0.05) is 36.4 Å². The van der Waals surface area contributed by atoms with Crippen molar-refractivity contribution in [3.05, 3.63) is 36.4 Å². The second-order valence-corrected chi connectivity index (χ2v) is 1.15. The molecule has 0 fully saturated rings. The van der Waals surface area contributed by atoms with E-state index in [-0.39, 0.29) is 85.3 Å². The van der Waals surface area contributed by atoms with Gasteiger partial charge in [0.05, 0.1) is 0 Å². The number of hydrogen-bond donors (Lipinski definition) is 0. The number of hydrogen-bond acceptors (Lipinski definition) is 0. The van der Waals surface area contributed by atoms with Crippen LogP contribution in [0.5, 0.6) is 0 Å². The molecule has 0 atom stereocenters. The van der Waals surface area contributed by atoms with Crippen LogP contribution in [0.3, 0.4) is 0 Å². The molecule has 0 aliphatic carbocycles. The molecule has 0 bridgehead atoms. The summed E-state index contributed by atoms with van der Waals surface area (Å²) in [4.78, 5) is 0. The van der Waals surface area contributed by atoms with Gasteiger partial charge in [0.2, 0.25) is 0 Å². The van der Waals surface area contributed by atoms with Gasteiger partial charge in [0.15, 0.2) is 0 Å². The van der Waals surface area contributed by atoms with Crippen LogP contribution >= 0.6 is 17.0 Å². The molecule has 0 spiro atoms. The average molecular weight is 426 g/mol. The van der Waals surface area contributed by atoms with E-state index in [2.05, 4.69) is 0 Å². The van der Waals surface area contributed by atoms with Crippen molar-refractivity contribution in [3.63, 3.8) is 0 Å². The Hall–Kier alpha value is 1.67. The molecule has 0 aliphatic heterocycles. The molecule has 1 rings (SSSR count). The summed E-state index contributed by atoms with van der Waals surface area (Å²) in [6.45, 7) is 0. The van der Waals surface area contributed by atoms with Crippen molar-refractivity contribution in [2.45, 2.75) is 0 Å². The monoisotopic (exact) mass is 422 g/mol. The van der Waals surface area contributed by atoms with Crippen molar-refractivity contribution in [1.29, 1.82) is 0 Å². The molecule has 0 radical (unpaired) electrons. The van der Waals surface area contributed by atoms with E-state index in [1.54, 1.807) is 0 Å². The third-order valence-corrected chi connectivity index (χ3v) is 0.667. The van der Waals surface area contributed by atoms with Gasteiger partial charge in [-0.05, 0) is 0 Å². The van der Waals surface area contributed by atoms with E-state index in [0.29, 0.717) is 0 Å². The van der Waals surface area contributed by atoms with E-state index in [0.717, 1.165) is 0 Å². The predicted octanol–water partition coefficient (Wildman–Crippen LogP) is -7.10. The molecule has 0 saturated heterocycles. The predicted molar refractivity (Wildman–Crippen MR) is 42.5 cm³/mol. The second-order valence-electron chi connectivity index (χ2n) is 1.15. The number of halogens is 4. The van der Waals surface area contributed by atoms with Crippen LogP contribution in [0.1, 0.15) is 0 Å². The summed E-state index contributed by atoms with van der Waals surface area (Å²) in [5, 5.41) is 0. The first-order chi connectivity index (χ1) is 3.00. The minimum atomic E-state index is 0. The quantitative estimate of drug-likeness (QED) is 0.363.